The molecule has 1 saturated carbocycles. The first kappa shape index (κ1) is 12.6. The highest BCUT2D eigenvalue weighted by Crippen LogP contribution is 2.41. The zero-order chi connectivity index (χ0) is 11.6. The van der Waals surface area contributed by atoms with Crippen molar-refractivity contribution in [2.75, 3.05) is 5.33 Å². The minimum Gasteiger partial charge on any atom is -0.246 e. The predicted molar refractivity (Wildman–Crippen MR) is 74.6 cm³/mol. The molecule has 1 aliphatic carbocycles. The number of aryl methyl sites for hydroxylation is 2. The molecule has 0 aromatic carbocycles. The van der Waals surface area contributed by atoms with Crippen LogP contribution in [0, 0.1) is 19.3 Å². The van der Waals surface area contributed by atoms with Crippen LogP contribution in [0.1, 0.15) is 47.7 Å². The Balaban J connectivity index is 2.11. The Bertz CT molecular complexity index is 333. The van der Waals surface area contributed by atoms with E-state index in [1.165, 1.54) is 54.1 Å². The van der Waals surface area contributed by atoms with E-state index >= 15 is 0 Å². The van der Waals surface area contributed by atoms with E-state index in [-0.39, 0.29) is 0 Å². The van der Waals surface area contributed by atoms with Gasteiger partial charge in [-0.3, -0.25) is 0 Å². The molecule has 3 heteroatoms. The van der Waals surface area contributed by atoms with Gasteiger partial charge in [0.15, 0.2) is 0 Å². The van der Waals surface area contributed by atoms with Gasteiger partial charge < -0.3 is 0 Å². The van der Waals surface area contributed by atoms with Crippen LogP contribution >= 0.6 is 27.3 Å². The summed E-state index contributed by atoms with van der Waals surface area (Å²) in [5.41, 5.74) is 1.72. The molecule has 1 aromatic heterocycles. The van der Waals surface area contributed by atoms with Crippen molar-refractivity contribution < 1.29 is 0 Å². The molecule has 0 spiro atoms. The summed E-state index contributed by atoms with van der Waals surface area (Å²) >= 11 is 5.62. The number of alkyl halides is 1. The summed E-state index contributed by atoms with van der Waals surface area (Å²) in [6.07, 6.45) is 8.14. The number of hydrogen-bond donors (Lipinski definition) is 0. The standard InChI is InChI=1S/C13H20BrNS/c1-10-11(2)16-12(15-10)8-13(9-14)6-4-3-5-7-13/h3-9H2,1-2H3. The van der Waals surface area contributed by atoms with Gasteiger partial charge in [-0.05, 0) is 32.1 Å². The van der Waals surface area contributed by atoms with Gasteiger partial charge in [0.2, 0.25) is 0 Å². The third kappa shape index (κ3) is 2.67. The van der Waals surface area contributed by atoms with E-state index in [9.17, 15) is 0 Å². The molecule has 0 amide bonds. The molecule has 1 heterocycles. The number of rotatable bonds is 3. The molecule has 2 rings (SSSR count). The Morgan fingerprint density at radius 2 is 1.94 bits per heavy atom. The minimum atomic E-state index is 0.495. The Kier molecular flexibility index (Phi) is 4.06. The number of nitrogens with zero attached hydrogens (tertiary/aromatic N) is 1. The van der Waals surface area contributed by atoms with Crippen LogP contribution in [0.15, 0.2) is 0 Å². The fourth-order valence-electron chi connectivity index (χ4n) is 2.60. The summed E-state index contributed by atoms with van der Waals surface area (Å²) in [6, 6.07) is 0. The first-order valence-corrected chi connectivity index (χ1v) is 8.08. The monoisotopic (exact) mass is 301 g/mol. The molecule has 90 valence electrons. The zero-order valence-corrected chi connectivity index (χ0v) is 12.6. The number of halogens is 1. The van der Waals surface area contributed by atoms with E-state index in [0.717, 1.165) is 5.33 Å². The molecule has 0 saturated heterocycles. The van der Waals surface area contributed by atoms with E-state index < -0.39 is 0 Å². The van der Waals surface area contributed by atoms with Gasteiger partial charge in [0.05, 0.1) is 10.7 Å². The SMILES string of the molecule is Cc1nc(CC2(CBr)CCCCC2)sc1C. The average molecular weight is 302 g/mol. The van der Waals surface area contributed by atoms with Crippen molar-refractivity contribution in [1.29, 1.82) is 0 Å². The fraction of sp³-hybridized carbons (Fsp3) is 0.769. The lowest BCUT2D eigenvalue weighted by Crippen LogP contribution is -2.28. The second-order valence-electron chi connectivity index (χ2n) is 5.12. The van der Waals surface area contributed by atoms with Gasteiger partial charge in [0, 0.05) is 16.6 Å². The van der Waals surface area contributed by atoms with Gasteiger partial charge in [0.1, 0.15) is 0 Å². The van der Waals surface area contributed by atoms with E-state index in [1.54, 1.807) is 0 Å². The average Bonchev–Trinajstić information content (AvgIpc) is 2.59. The Morgan fingerprint density at radius 3 is 2.44 bits per heavy atom. The van der Waals surface area contributed by atoms with Crippen molar-refractivity contribution in [3.8, 4) is 0 Å². The van der Waals surface area contributed by atoms with Crippen LogP contribution in [0.2, 0.25) is 0 Å². The quantitative estimate of drug-likeness (QED) is 0.741. The Labute approximate surface area is 111 Å². The number of aromatic nitrogens is 1. The normalized spacial score (nSPS) is 19.9. The van der Waals surface area contributed by atoms with Crippen LogP contribution < -0.4 is 0 Å². The van der Waals surface area contributed by atoms with Gasteiger partial charge in [-0.1, -0.05) is 35.2 Å². The van der Waals surface area contributed by atoms with Crippen LogP contribution in [0.4, 0.5) is 0 Å². The van der Waals surface area contributed by atoms with Crippen molar-refractivity contribution in [2.45, 2.75) is 52.4 Å². The lowest BCUT2D eigenvalue weighted by Gasteiger charge is -2.35. The zero-order valence-electron chi connectivity index (χ0n) is 10.2. The predicted octanol–water partition coefficient (Wildman–Crippen LogP) is 4.65. The van der Waals surface area contributed by atoms with E-state index in [0.29, 0.717) is 5.41 Å². The summed E-state index contributed by atoms with van der Waals surface area (Å²) in [4.78, 5) is 6.08. The molecule has 1 nitrogen and oxygen atoms in total. The fourth-order valence-corrected chi connectivity index (χ4v) is 4.46. The topological polar surface area (TPSA) is 12.9 Å². The van der Waals surface area contributed by atoms with E-state index in [4.69, 9.17) is 4.98 Å². The third-order valence-electron chi connectivity index (χ3n) is 3.80. The molecule has 0 aliphatic heterocycles. The molecule has 0 N–H and O–H groups in total. The largest absolute Gasteiger partial charge is 0.246 e. The highest BCUT2D eigenvalue weighted by molar-refractivity contribution is 9.09. The number of hydrogen-bond acceptors (Lipinski definition) is 2. The highest BCUT2D eigenvalue weighted by Gasteiger charge is 2.32. The molecule has 0 unspecified atom stereocenters. The maximum absolute atomic E-state index is 4.69. The van der Waals surface area contributed by atoms with Gasteiger partial charge in [-0.15, -0.1) is 11.3 Å². The first-order valence-electron chi connectivity index (χ1n) is 6.14. The summed E-state index contributed by atoms with van der Waals surface area (Å²) in [7, 11) is 0. The number of thiazole rings is 1. The van der Waals surface area contributed by atoms with Crippen molar-refractivity contribution in [2.24, 2.45) is 5.41 Å². The van der Waals surface area contributed by atoms with Gasteiger partial charge in [-0.25, -0.2) is 4.98 Å². The highest BCUT2D eigenvalue weighted by atomic mass is 79.9. The van der Waals surface area contributed by atoms with Gasteiger partial charge in [-0.2, -0.15) is 0 Å². The van der Waals surface area contributed by atoms with Crippen molar-refractivity contribution in [1.82, 2.24) is 4.98 Å². The van der Waals surface area contributed by atoms with E-state index in [1.807, 2.05) is 11.3 Å². The van der Waals surface area contributed by atoms with Crippen LogP contribution in [-0.4, -0.2) is 10.3 Å². The Hall–Kier alpha value is 0.110. The van der Waals surface area contributed by atoms with Crippen LogP contribution in [0.25, 0.3) is 0 Å². The van der Waals surface area contributed by atoms with Crippen LogP contribution in [-0.2, 0) is 6.42 Å². The molecule has 0 atom stereocenters. The van der Waals surface area contributed by atoms with Crippen LogP contribution in [0.5, 0.6) is 0 Å². The maximum atomic E-state index is 4.69. The molecule has 1 fully saturated rings. The molecule has 1 aliphatic rings. The van der Waals surface area contributed by atoms with Gasteiger partial charge in [0.25, 0.3) is 0 Å². The lowest BCUT2D eigenvalue weighted by atomic mass is 9.73. The third-order valence-corrected chi connectivity index (χ3v) is 6.06. The molecule has 0 bridgehead atoms. The summed E-state index contributed by atoms with van der Waals surface area (Å²) in [5.74, 6) is 0. The summed E-state index contributed by atoms with van der Waals surface area (Å²) in [5, 5.41) is 2.48. The second-order valence-corrected chi connectivity index (χ2v) is 6.97. The molecular weight excluding hydrogens is 282 g/mol. The van der Waals surface area contributed by atoms with Crippen molar-refractivity contribution in [3.05, 3.63) is 15.6 Å². The Morgan fingerprint density at radius 1 is 1.25 bits per heavy atom. The molecule has 1 aromatic rings. The maximum Gasteiger partial charge on any atom is 0.0936 e. The summed E-state index contributed by atoms with van der Waals surface area (Å²) in [6.45, 7) is 4.30. The molecule has 0 radical (unpaired) electrons. The summed E-state index contributed by atoms with van der Waals surface area (Å²) < 4.78 is 0. The molecular formula is C13H20BrNS. The smallest absolute Gasteiger partial charge is 0.0936 e. The van der Waals surface area contributed by atoms with Gasteiger partial charge >= 0.3 is 0 Å². The minimum absolute atomic E-state index is 0.495. The van der Waals surface area contributed by atoms with Crippen molar-refractivity contribution in [3.63, 3.8) is 0 Å². The second kappa shape index (κ2) is 5.18. The van der Waals surface area contributed by atoms with Crippen molar-refractivity contribution >= 4 is 27.3 Å². The first-order chi connectivity index (χ1) is 7.65. The lowest BCUT2D eigenvalue weighted by molar-refractivity contribution is 0.223. The van der Waals surface area contributed by atoms with E-state index in [2.05, 4.69) is 29.8 Å². The molecule has 16 heavy (non-hydrogen) atoms. The van der Waals surface area contributed by atoms with Crippen LogP contribution in [0.3, 0.4) is 0 Å².